The van der Waals surface area contributed by atoms with Gasteiger partial charge in [-0.3, -0.25) is 15.1 Å². The van der Waals surface area contributed by atoms with Crippen molar-refractivity contribution in [3.05, 3.63) is 82.9 Å². The molecule has 1 unspecified atom stereocenters. The van der Waals surface area contributed by atoms with Gasteiger partial charge in [0.2, 0.25) is 5.91 Å². The van der Waals surface area contributed by atoms with Crippen LogP contribution in [0.15, 0.2) is 71.8 Å². The number of hydrogen-bond acceptors (Lipinski definition) is 6. The van der Waals surface area contributed by atoms with E-state index in [1.807, 2.05) is 66.7 Å². The van der Waals surface area contributed by atoms with Crippen LogP contribution in [0.25, 0.3) is 0 Å². The Balaban J connectivity index is 1.56. The second-order valence-electron chi connectivity index (χ2n) is 6.92. The third kappa shape index (κ3) is 7.66. The number of carbonyl (C=O) groups is 2. The summed E-state index contributed by atoms with van der Waals surface area (Å²) < 4.78 is 5.29. The van der Waals surface area contributed by atoms with Crippen LogP contribution < -0.4 is 16.1 Å². The fraction of sp³-hybridized carbons (Fsp3) is 0.304. The minimum Gasteiger partial charge on any atom is -0.445 e. The molecule has 0 saturated carbocycles. The van der Waals surface area contributed by atoms with Crippen LogP contribution in [0, 0.1) is 0 Å². The molecule has 0 spiro atoms. The first-order valence-electron chi connectivity index (χ1n) is 10.2. The van der Waals surface area contributed by atoms with Crippen molar-refractivity contribution in [1.82, 2.24) is 16.1 Å². The van der Waals surface area contributed by atoms with Crippen LogP contribution in [0.1, 0.15) is 18.1 Å². The molecular formula is C23H27N3O4S. The Bertz CT molecular complexity index is 877. The van der Waals surface area contributed by atoms with Gasteiger partial charge >= 0.3 is 6.09 Å². The van der Waals surface area contributed by atoms with Gasteiger partial charge in [-0.1, -0.05) is 67.6 Å². The van der Waals surface area contributed by atoms with Crippen molar-refractivity contribution in [1.29, 1.82) is 0 Å². The van der Waals surface area contributed by atoms with Gasteiger partial charge in [-0.05, 0) is 23.0 Å². The summed E-state index contributed by atoms with van der Waals surface area (Å²) >= 11 is 1.64. The molecule has 0 fully saturated rings. The van der Waals surface area contributed by atoms with E-state index < -0.39 is 12.1 Å². The van der Waals surface area contributed by atoms with Gasteiger partial charge in [0.1, 0.15) is 18.8 Å². The average molecular weight is 442 g/mol. The number of carbonyl (C=O) groups excluding carboxylic acids is 2. The maximum Gasteiger partial charge on any atom is 0.408 e. The predicted molar refractivity (Wildman–Crippen MR) is 121 cm³/mol. The first-order chi connectivity index (χ1) is 15.1. The van der Waals surface area contributed by atoms with Gasteiger partial charge in [-0.25, -0.2) is 4.79 Å². The van der Waals surface area contributed by atoms with Crippen molar-refractivity contribution in [3.8, 4) is 0 Å². The zero-order chi connectivity index (χ0) is 21.9. The molecule has 0 aromatic heterocycles. The number of nitrogens with one attached hydrogen (secondary N) is 3. The second-order valence-corrected chi connectivity index (χ2v) is 8.22. The van der Waals surface area contributed by atoms with Crippen molar-refractivity contribution in [2.24, 2.45) is 0 Å². The summed E-state index contributed by atoms with van der Waals surface area (Å²) in [4.78, 5) is 30.6. The van der Waals surface area contributed by atoms with Gasteiger partial charge in [-0.2, -0.15) is 0 Å². The molecule has 2 aromatic rings. The molecule has 8 heteroatoms. The number of ether oxygens (including phenoxy) is 1. The molecule has 2 atom stereocenters. The van der Waals surface area contributed by atoms with Crippen molar-refractivity contribution in [3.63, 3.8) is 0 Å². The molecule has 2 amide bonds. The van der Waals surface area contributed by atoms with E-state index in [2.05, 4.69) is 23.0 Å². The largest absolute Gasteiger partial charge is 0.445 e. The summed E-state index contributed by atoms with van der Waals surface area (Å²) in [6.07, 6.45) is 1.38. The summed E-state index contributed by atoms with van der Waals surface area (Å²) in [6.45, 7) is 2.49. The highest BCUT2D eigenvalue weighted by Crippen LogP contribution is 2.18. The minimum atomic E-state index is -0.770. The van der Waals surface area contributed by atoms with Crippen LogP contribution in [-0.4, -0.2) is 36.4 Å². The minimum absolute atomic E-state index is 0.136. The van der Waals surface area contributed by atoms with E-state index in [0.717, 1.165) is 21.9 Å². The van der Waals surface area contributed by atoms with Crippen molar-refractivity contribution in [2.75, 3.05) is 12.3 Å². The second kappa shape index (κ2) is 12.0. The molecule has 3 N–H and O–H groups in total. The fourth-order valence-electron chi connectivity index (χ4n) is 2.99. The maximum atomic E-state index is 12.8. The highest BCUT2D eigenvalue weighted by molar-refractivity contribution is 8.02. The third-order valence-corrected chi connectivity index (χ3v) is 5.35. The maximum absolute atomic E-state index is 12.8. The highest BCUT2D eigenvalue weighted by Gasteiger charge is 2.24. The summed E-state index contributed by atoms with van der Waals surface area (Å²) in [7, 11) is 0. The van der Waals surface area contributed by atoms with Gasteiger partial charge in [0.05, 0.1) is 11.6 Å². The van der Waals surface area contributed by atoms with Crippen molar-refractivity contribution < 1.29 is 19.2 Å². The molecule has 0 saturated heterocycles. The Morgan fingerprint density at radius 1 is 1.10 bits per heavy atom. The number of amides is 2. The monoisotopic (exact) mass is 441 g/mol. The van der Waals surface area contributed by atoms with Gasteiger partial charge < -0.3 is 15.4 Å². The highest BCUT2D eigenvalue weighted by atomic mass is 32.2. The molecule has 164 valence electrons. The van der Waals surface area contributed by atoms with Crippen LogP contribution >= 0.6 is 11.8 Å². The summed E-state index contributed by atoms with van der Waals surface area (Å²) in [5, 5.41) is 6.48. The first-order valence-corrected chi connectivity index (χ1v) is 11.2. The third-order valence-electron chi connectivity index (χ3n) is 4.53. The molecule has 2 aromatic carbocycles. The van der Waals surface area contributed by atoms with Gasteiger partial charge in [0.25, 0.3) is 0 Å². The van der Waals surface area contributed by atoms with E-state index in [1.165, 1.54) is 0 Å². The zero-order valence-corrected chi connectivity index (χ0v) is 18.2. The summed E-state index contributed by atoms with van der Waals surface area (Å²) in [6, 6.07) is 18.1. The van der Waals surface area contributed by atoms with E-state index >= 15 is 0 Å². The molecule has 0 bridgehead atoms. The molecule has 1 aliphatic rings. The molecule has 0 radical (unpaired) electrons. The lowest BCUT2D eigenvalue weighted by atomic mass is 10.1. The number of hydrogen-bond donors (Lipinski definition) is 3. The van der Waals surface area contributed by atoms with E-state index in [1.54, 1.807) is 11.8 Å². The smallest absolute Gasteiger partial charge is 0.408 e. The number of benzene rings is 2. The van der Waals surface area contributed by atoms with Gasteiger partial charge in [0.15, 0.2) is 0 Å². The Labute approximate surface area is 186 Å². The number of hydroxylamine groups is 1. The summed E-state index contributed by atoms with van der Waals surface area (Å²) in [5.41, 5.74) is 4.66. The number of alkyl carbamates (subject to hydrolysis) is 1. The molecule has 31 heavy (non-hydrogen) atoms. The predicted octanol–water partition coefficient (Wildman–Crippen LogP) is 3.14. The number of thioether (sulfide) groups is 1. The van der Waals surface area contributed by atoms with Crippen LogP contribution in [0.2, 0.25) is 0 Å². The van der Waals surface area contributed by atoms with Gasteiger partial charge in [0, 0.05) is 6.42 Å². The van der Waals surface area contributed by atoms with Crippen LogP contribution in [0.5, 0.6) is 0 Å². The van der Waals surface area contributed by atoms with E-state index in [-0.39, 0.29) is 18.6 Å². The van der Waals surface area contributed by atoms with Crippen LogP contribution in [0.3, 0.4) is 0 Å². The summed E-state index contributed by atoms with van der Waals surface area (Å²) in [5.74, 6) is 0.629. The quantitative estimate of drug-likeness (QED) is 0.525. The number of rotatable bonds is 10. The average Bonchev–Trinajstić information content (AvgIpc) is 3.25. The van der Waals surface area contributed by atoms with Crippen molar-refractivity contribution in [2.45, 2.75) is 32.1 Å². The normalized spacial score (nSPS) is 16.0. The zero-order valence-electron chi connectivity index (χ0n) is 17.4. The Hall–Kier alpha value is -2.97. The van der Waals surface area contributed by atoms with E-state index in [0.29, 0.717) is 13.0 Å². The lowest BCUT2D eigenvalue weighted by Crippen LogP contribution is -2.49. The van der Waals surface area contributed by atoms with E-state index in [4.69, 9.17) is 9.57 Å². The van der Waals surface area contributed by atoms with Crippen LogP contribution in [-0.2, 0) is 27.4 Å². The standard InChI is InChI=1S/C23H27N3O4S/c1-2-31-21-14-19(30-26-21)15-24-22(27)20(13-17-9-5-3-6-10-17)25-23(28)29-16-18-11-7-4-8-12-18/h3-12,14,19-20,26H,2,13,15-16H2,1H3,(H,24,27)(H,25,28)/t19?,20-/m1/s1. The van der Waals surface area contributed by atoms with Crippen molar-refractivity contribution >= 4 is 23.8 Å². The fourth-order valence-corrected chi connectivity index (χ4v) is 3.66. The Kier molecular flexibility index (Phi) is 8.81. The Morgan fingerprint density at radius 3 is 2.45 bits per heavy atom. The molecular weight excluding hydrogens is 414 g/mol. The lowest BCUT2D eigenvalue weighted by Gasteiger charge is -2.19. The molecule has 7 nitrogen and oxygen atoms in total. The molecule has 0 aliphatic carbocycles. The lowest BCUT2D eigenvalue weighted by molar-refractivity contribution is -0.123. The molecule has 1 heterocycles. The topological polar surface area (TPSA) is 88.7 Å². The SMILES string of the molecule is CCSC1=CC(CNC(=O)[C@@H](Cc2ccccc2)NC(=O)OCc2ccccc2)ON1. The Morgan fingerprint density at radius 2 is 1.77 bits per heavy atom. The van der Waals surface area contributed by atoms with E-state index in [9.17, 15) is 9.59 Å². The van der Waals surface area contributed by atoms with Gasteiger partial charge in [-0.15, -0.1) is 11.8 Å². The first kappa shape index (κ1) is 22.7. The van der Waals surface area contributed by atoms with Crippen LogP contribution in [0.4, 0.5) is 4.79 Å². The molecule has 1 aliphatic heterocycles. The molecule has 3 rings (SSSR count).